The third kappa shape index (κ3) is 5.15. The van der Waals surface area contributed by atoms with Crippen molar-refractivity contribution in [1.82, 2.24) is 25.2 Å². The van der Waals surface area contributed by atoms with Gasteiger partial charge in [-0.25, -0.2) is 14.4 Å². The summed E-state index contributed by atoms with van der Waals surface area (Å²) in [7, 11) is 1.52. The van der Waals surface area contributed by atoms with Crippen LogP contribution in [-0.2, 0) is 17.8 Å². The first-order chi connectivity index (χ1) is 17.8. The number of ether oxygens (including phenoxy) is 1. The van der Waals surface area contributed by atoms with Gasteiger partial charge < -0.3 is 20.5 Å². The molecule has 0 aliphatic carbocycles. The van der Waals surface area contributed by atoms with E-state index in [1.165, 1.54) is 25.1 Å². The number of β-amino-alcohol motifs (C(OH)–C–C–N with tert-alkyl or cyclic N) is 1. The molecule has 36 heavy (non-hydrogen) atoms. The minimum absolute atomic E-state index is 0.247. The van der Waals surface area contributed by atoms with Gasteiger partial charge >= 0.3 is 0 Å². The van der Waals surface area contributed by atoms with Crippen molar-refractivity contribution >= 4 is 34.5 Å². The van der Waals surface area contributed by atoms with Gasteiger partial charge in [-0.15, -0.1) is 11.8 Å². The zero-order valence-electron chi connectivity index (χ0n) is 21.2. The molecule has 9 nitrogen and oxygen atoms in total. The Labute approximate surface area is 214 Å². The topological polar surface area (TPSA) is 113 Å². The Morgan fingerprint density at radius 2 is 2.25 bits per heavy atom. The number of carbonyl (C=O) groups is 1. The minimum atomic E-state index is -0.550. The predicted octanol–water partition coefficient (Wildman–Crippen LogP) is 2.23. The van der Waals surface area contributed by atoms with Crippen LogP contribution in [0.5, 0.6) is 5.88 Å². The highest BCUT2D eigenvalue weighted by atomic mass is 32.2. The molecule has 3 aromatic rings. The highest BCUT2D eigenvalue weighted by molar-refractivity contribution is 8.00. The van der Waals surface area contributed by atoms with Crippen LogP contribution >= 0.6 is 11.8 Å². The fourth-order valence-corrected chi connectivity index (χ4v) is 5.45. The monoisotopic (exact) mass is 513 g/mol. The molecule has 11 heteroatoms. The van der Waals surface area contributed by atoms with E-state index in [9.17, 15) is 14.3 Å². The maximum atomic E-state index is 14.7. The molecule has 3 aromatic heterocycles. The zero-order valence-corrected chi connectivity index (χ0v) is 21.0. The number of carbonyl (C=O) groups excluding carboxylic acids is 1. The van der Waals surface area contributed by atoms with E-state index in [4.69, 9.17) is 6.15 Å². The van der Waals surface area contributed by atoms with Gasteiger partial charge in [-0.2, -0.15) is 0 Å². The summed E-state index contributed by atoms with van der Waals surface area (Å²) in [6.45, 7) is 4.73. The number of pyridine rings is 3. The van der Waals surface area contributed by atoms with Crippen LogP contribution in [0.3, 0.4) is 0 Å². The number of rotatable bonds is 8. The lowest BCUT2D eigenvalue weighted by molar-refractivity contribution is -0.113. The zero-order chi connectivity index (χ0) is 26.2. The van der Waals surface area contributed by atoms with Gasteiger partial charge in [-0.3, -0.25) is 14.7 Å². The van der Waals surface area contributed by atoms with E-state index in [-0.39, 0.29) is 11.7 Å². The summed E-state index contributed by atoms with van der Waals surface area (Å²) in [6.07, 6.45) is 1.11. The van der Waals surface area contributed by atoms with Gasteiger partial charge in [0.1, 0.15) is 11.6 Å². The number of hydrogen-bond acceptors (Lipinski definition) is 9. The smallest absolute Gasteiger partial charge is 0.235 e. The van der Waals surface area contributed by atoms with Gasteiger partial charge in [0.05, 0.1) is 46.8 Å². The molecule has 2 atom stereocenters. The molecule has 2 unspecified atom stereocenters. The number of hydrogen-bond donors (Lipinski definition) is 3. The van der Waals surface area contributed by atoms with Crippen molar-refractivity contribution in [3.05, 3.63) is 47.5 Å². The third-order valence-electron chi connectivity index (χ3n) is 6.76. The average Bonchev–Trinajstić information content (AvgIpc) is 3.18. The highest BCUT2D eigenvalue weighted by Gasteiger charge is 2.41. The summed E-state index contributed by atoms with van der Waals surface area (Å²) in [4.78, 5) is 27.8. The van der Waals surface area contributed by atoms with Gasteiger partial charge in [0.2, 0.25) is 11.8 Å². The summed E-state index contributed by atoms with van der Waals surface area (Å²) in [5.41, 5.74) is 1.92. The molecular formula is C25H29FN6O3S. The Morgan fingerprint density at radius 3 is 3.08 bits per heavy atom. The molecule has 5 rings (SSSR count). The largest absolute Gasteiger partial charge is 0.481 e. The molecule has 3 N–H and O–H groups in total. The summed E-state index contributed by atoms with van der Waals surface area (Å²) in [6, 6.07) is 7.24. The summed E-state index contributed by atoms with van der Waals surface area (Å²) < 4.78 is 27.8. The Bertz CT molecular complexity index is 1330. The molecule has 0 saturated carbocycles. The first-order valence-corrected chi connectivity index (χ1v) is 12.8. The molecule has 0 aromatic carbocycles. The summed E-state index contributed by atoms with van der Waals surface area (Å²) in [5, 5.41) is 15.1. The van der Waals surface area contributed by atoms with E-state index < -0.39 is 17.3 Å². The van der Waals surface area contributed by atoms with Crippen molar-refractivity contribution in [2.45, 2.75) is 30.9 Å². The second-order valence-electron chi connectivity index (χ2n) is 9.48. The number of halogens is 1. The number of likely N-dealkylation sites (tertiary alicyclic amines) is 1. The summed E-state index contributed by atoms with van der Waals surface area (Å²) >= 11 is 1.39. The Kier molecular flexibility index (Phi) is 6.70. The van der Waals surface area contributed by atoms with Crippen LogP contribution in [0.15, 0.2) is 35.4 Å². The molecule has 190 valence electrons. The number of methoxy groups -OCH3 is 1. The van der Waals surface area contributed by atoms with E-state index in [0.29, 0.717) is 67.4 Å². The van der Waals surface area contributed by atoms with Crippen LogP contribution in [0, 0.1) is 11.2 Å². The second kappa shape index (κ2) is 10.3. The lowest BCUT2D eigenvalue weighted by Gasteiger charge is -2.28. The molecule has 1 saturated heterocycles. The van der Waals surface area contributed by atoms with Gasteiger partial charge in [0, 0.05) is 49.8 Å². The van der Waals surface area contributed by atoms with Gasteiger partial charge in [0.15, 0.2) is 1.41 Å². The standard InChI is InChI=1S/C25H29FN6O3S/c1-25(13-27-9-15-3-5-19-24(29-15)30-21(34)12-36-19)14-32(11-20(25)33)8-7-16-17(26)10-28-18-4-6-22(35-2)31-23(16)18/h3-6,10,20,27,33H,7-9,11-14H2,1-2H3,(H,29,30,34)/i/hD. The molecular weight excluding hydrogens is 483 g/mol. The van der Waals surface area contributed by atoms with Crippen LogP contribution in [0.2, 0.25) is 1.41 Å². The first-order valence-electron chi connectivity index (χ1n) is 12.3. The van der Waals surface area contributed by atoms with Crippen LogP contribution < -0.4 is 15.4 Å². The van der Waals surface area contributed by atoms with Crippen molar-refractivity contribution in [1.29, 1.82) is 0 Å². The van der Waals surface area contributed by atoms with Gasteiger partial charge in [-0.1, -0.05) is 6.92 Å². The number of aromatic nitrogens is 3. The number of aliphatic hydroxyl groups is 1. The number of aliphatic hydroxyl groups excluding tert-OH is 1. The van der Waals surface area contributed by atoms with Crippen LogP contribution in [0.1, 0.15) is 18.2 Å². The van der Waals surface area contributed by atoms with Crippen molar-refractivity contribution in [3.8, 4) is 5.88 Å². The van der Waals surface area contributed by atoms with E-state index in [0.717, 1.165) is 15.9 Å². The minimum Gasteiger partial charge on any atom is -0.481 e. The van der Waals surface area contributed by atoms with E-state index in [2.05, 4.69) is 25.2 Å². The molecule has 2 aliphatic heterocycles. The normalized spacial score (nSPS) is 22.7. The first kappa shape index (κ1) is 23.5. The Hall–Kier alpha value is -2.86. The van der Waals surface area contributed by atoms with Crippen LogP contribution in [0.4, 0.5) is 10.2 Å². The quantitative estimate of drug-likeness (QED) is 0.417. The molecule has 0 spiro atoms. The second-order valence-corrected chi connectivity index (χ2v) is 10.5. The van der Waals surface area contributed by atoms with Crippen LogP contribution in [0.25, 0.3) is 11.0 Å². The lowest BCUT2D eigenvalue weighted by atomic mass is 9.87. The molecule has 1 fully saturated rings. The molecule has 0 radical (unpaired) electrons. The number of thioether (sulfide) groups is 1. The van der Waals surface area contributed by atoms with Crippen molar-refractivity contribution < 1.29 is 20.4 Å². The maximum Gasteiger partial charge on any atom is 0.235 e. The SMILES string of the molecule is [2H]N1C(=O)CSc2ccc(CNCC3(C)CN(CCc4c(F)cnc5ccc(OC)nc45)CC3O)nc21. The Morgan fingerprint density at radius 1 is 1.39 bits per heavy atom. The summed E-state index contributed by atoms with van der Waals surface area (Å²) in [5.74, 6) is 0.331. The Balaban J connectivity index is 1.20. The average molecular weight is 514 g/mol. The fraction of sp³-hybridized carbons (Fsp3) is 0.440. The lowest BCUT2D eigenvalue weighted by Crippen LogP contribution is -2.41. The van der Waals surface area contributed by atoms with Crippen LogP contribution in [-0.4, -0.2) is 76.0 Å². The maximum absolute atomic E-state index is 14.7. The van der Waals surface area contributed by atoms with Crippen molar-refractivity contribution in [2.75, 3.05) is 44.4 Å². The number of anilines is 1. The van der Waals surface area contributed by atoms with E-state index >= 15 is 0 Å². The van der Waals surface area contributed by atoms with Gasteiger partial charge in [-0.05, 0) is 24.6 Å². The molecule has 5 heterocycles. The molecule has 1 amide bonds. The molecule has 0 bridgehead atoms. The predicted molar refractivity (Wildman–Crippen MR) is 136 cm³/mol. The number of amides is 1. The number of fused-ring (bicyclic) bond motifs is 2. The van der Waals surface area contributed by atoms with Gasteiger partial charge in [0.25, 0.3) is 0 Å². The third-order valence-corrected chi connectivity index (χ3v) is 7.78. The van der Waals surface area contributed by atoms with E-state index in [1.807, 2.05) is 19.1 Å². The fourth-order valence-electron chi connectivity index (χ4n) is 4.72. The number of nitrogens with zero attached hydrogens (tertiary/aromatic N) is 4. The van der Waals surface area contributed by atoms with E-state index in [1.54, 1.807) is 12.1 Å². The number of nitrogens with one attached hydrogen (secondary N) is 2. The highest BCUT2D eigenvalue weighted by Crippen LogP contribution is 2.32. The van der Waals surface area contributed by atoms with Crippen molar-refractivity contribution in [3.63, 3.8) is 0 Å². The van der Waals surface area contributed by atoms with Crippen molar-refractivity contribution in [2.24, 2.45) is 5.41 Å². The molecule has 2 aliphatic rings.